The molecule has 1 aromatic rings. The standard InChI is InChI=1S/C14H20N2O3S2/c1-11(12-5-3-2-4-6-12)10-21(17,18)16-7-8-19-13(9-16)14(15)20/h2-6,11,13H,7-10H2,1H3,(H2,15,20). The van der Waals surface area contributed by atoms with Crippen LogP contribution in [0.2, 0.25) is 0 Å². The van der Waals surface area contributed by atoms with E-state index in [4.69, 9.17) is 22.7 Å². The summed E-state index contributed by atoms with van der Waals surface area (Å²) in [6.07, 6.45) is -0.490. The summed E-state index contributed by atoms with van der Waals surface area (Å²) in [5.74, 6) is 0.00321. The van der Waals surface area contributed by atoms with Crippen LogP contribution in [0.3, 0.4) is 0 Å². The lowest BCUT2D eigenvalue weighted by Gasteiger charge is -2.32. The van der Waals surface area contributed by atoms with Crippen LogP contribution in [0.4, 0.5) is 0 Å². The first kappa shape index (κ1) is 16.4. The Morgan fingerprint density at radius 2 is 2.14 bits per heavy atom. The van der Waals surface area contributed by atoms with E-state index in [1.54, 1.807) is 0 Å². The summed E-state index contributed by atoms with van der Waals surface area (Å²) in [5.41, 5.74) is 6.56. The van der Waals surface area contributed by atoms with Crippen LogP contribution < -0.4 is 5.73 Å². The molecule has 0 spiro atoms. The molecule has 1 aromatic carbocycles. The van der Waals surface area contributed by atoms with Gasteiger partial charge in [0.2, 0.25) is 10.0 Å². The van der Waals surface area contributed by atoms with Crippen LogP contribution in [0.1, 0.15) is 18.4 Å². The van der Waals surface area contributed by atoms with Crippen LogP contribution in [0.5, 0.6) is 0 Å². The van der Waals surface area contributed by atoms with Crippen molar-refractivity contribution in [1.82, 2.24) is 4.31 Å². The lowest BCUT2D eigenvalue weighted by molar-refractivity contribution is 0.0386. The second kappa shape index (κ2) is 6.83. The molecule has 0 saturated carbocycles. The van der Waals surface area contributed by atoms with Crippen molar-refractivity contribution in [1.29, 1.82) is 0 Å². The number of nitrogens with two attached hydrogens (primary N) is 1. The zero-order valence-corrected chi connectivity index (χ0v) is 13.6. The van der Waals surface area contributed by atoms with Crippen molar-refractivity contribution >= 4 is 27.2 Å². The third kappa shape index (κ3) is 4.23. The van der Waals surface area contributed by atoms with Crippen molar-refractivity contribution in [3.05, 3.63) is 35.9 Å². The average molecular weight is 328 g/mol. The van der Waals surface area contributed by atoms with Gasteiger partial charge < -0.3 is 10.5 Å². The summed E-state index contributed by atoms with van der Waals surface area (Å²) in [7, 11) is -3.36. The molecule has 7 heteroatoms. The normalized spacial score (nSPS) is 21.9. The lowest BCUT2D eigenvalue weighted by Crippen LogP contribution is -2.50. The van der Waals surface area contributed by atoms with Gasteiger partial charge in [0, 0.05) is 13.1 Å². The van der Waals surface area contributed by atoms with Crippen molar-refractivity contribution in [2.75, 3.05) is 25.4 Å². The van der Waals surface area contributed by atoms with Crippen LogP contribution in [0.25, 0.3) is 0 Å². The fourth-order valence-corrected chi connectivity index (χ4v) is 4.24. The van der Waals surface area contributed by atoms with E-state index >= 15 is 0 Å². The molecule has 2 unspecified atom stereocenters. The van der Waals surface area contributed by atoms with Crippen LogP contribution in [-0.4, -0.2) is 49.3 Å². The topological polar surface area (TPSA) is 72.6 Å². The van der Waals surface area contributed by atoms with Gasteiger partial charge in [-0.1, -0.05) is 49.5 Å². The minimum atomic E-state index is -3.36. The van der Waals surface area contributed by atoms with Gasteiger partial charge in [-0.15, -0.1) is 0 Å². The first-order chi connectivity index (χ1) is 9.90. The van der Waals surface area contributed by atoms with Crippen molar-refractivity contribution in [3.63, 3.8) is 0 Å². The van der Waals surface area contributed by atoms with E-state index in [0.29, 0.717) is 13.2 Å². The van der Waals surface area contributed by atoms with E-state index in [1.165, 1.54) is 4.31 Å². The molecule has 0 aromatic heterocycles. The number of sulfonamides is 1. The number of hydrogen-bond donors (Lipinski definition) is 1. The molecule has 21 heavy (non-hydrogen) atoms. The van der Waals surface area contributed by atoms with E-state index in [0.717, 1.165) is 5.56 Å². The number of benzene rings is 1. The summed E-state index contributed by atoms with van der Waals surface area (Å²) in [6.45, 7) is 2.79. The highest BCUT2D eigenvalue weighted by molar-refractivity contribution is 7.89. The van der Waals surface area contributed by atoms with Gasteiger partial charge >= 0.3 is 0 Å². The Labute approximate surface area is 131 Å². The number of nitrogens with zero attached hydrogens (tertiary/aromatic N) is 1. The molecule has 116 valence electrons. The molecule has 1 saturated heterocycles. The molecular formula is C14H20N2O3S2. The maximum atomic E-state index is 12.5. The highest BCUT2D eigenvalue weighted by Crippen LogP contribution is 2.20. The average Bonchev–Trinajstić information content (AvgIpc) is 2.48. The molecule has 1 fully saturated rings. The van der Waals surface area contributed by atoms with E-state index in [-0.39, 0.29) is 23.2 Å². The zero-order chi connectivity index (χ0) is 15.5. The second-order valence-electron chi connectivity index (χ2n) is 5.21. The highest BCUT2D eigenvalue weighted by atomic mass is 32.2. The van der Waals surface area contributed by atoms with Gasteiger partial charge in [0.25, 0.3) is 0 Å². The van der Waals surface area contributed by atoms with E-state index in [9.17, 15) is 8.42 Å². The monoisotopic (exact) mass is 328 g/mol. The first-order valence-electron chi connectivity index (χ1n) is 6.84. The molecule has 1 aliphatic rings. The Bertz CT molecular complexity index is 589. The third-order valence-corrected chi connectivity index (χ3v) is 5.87. The molecule has 0 aliphatic carbocycles. The molecule has 2 rings (SSSR count). The molecule has 0 amide bonds. The zero-order valence-electron chi connectivity index (χ0n) is 11.9. The van der Waals surface area contributed by atoms with Gasteiger partial charge in [0.15, 0.2) is 0 Å². The Kier molecular flexibility index (Phi) is 5.32. The number of ether oxygens (including phenoxy) is 1. The largest absolute Gasteiger partial charge is 0.391 e. The molecule has 5 nitrogen and oxygen atoms in total. The van der Waals surface area contributed by atoms with Gasteiger partial charge in [-0.25, -0.2) is 8.42 Å². The maximum Gasteiger partial charge on any atom is 0.214 e. The van der Waals surface area contributed by atoms with Crippen molar-refractivity contribution < 1.29 is 13.2 Å². The molecule has 0 radical (unpaired) electrons. The second-order valence-corrected chi connectivity index (χ2v) is 7.70. The fourth-order valence-electron chi connectivity index (χ4n) is 2.35. The molecule has 1 heterocycles. The lowest BCUT2D eigenvalue weighted by atomic mass is 10.0. The molecule has 0 bridgehead atoms. The number of morpholine rings is 1. The summed E-state index contributed by atoms with van der Waals surface area (Å²) in [4.78, 5) is 0.200. The van der Waals surface area contributed by atoms with Gasteiger partial charge in [-0.2, -0.15) is 4.31 Å². The molecular weight excluding hydrogens is 308 g/mol. The van der Waals surface area contributed by atoms with Gasteiger partial charge in [-0.3, -0.25) is 0 Å². The number of thiocarbonyl (C=S) groups is 1. The minimum Gasteiger partial charge on any atom is -0.391 e. The van der Waals surface area contributed by atoms with E-state index < -0.39 is 16.1 Å². The summed E-state index contributed by atoms with van der Waals surface area (Å²) in [6, 6.07) is 9.63. The molecule has 2 atom stereocenters. The van der Waals surface area contributed by atoms with Crippen LogP contribution >= 0.6 is 12.2 Å². The molecule has 1 aliphatic heterocycles. The number of rotatable bonds is 5. The highest BCUT2D eigenvalue weighted by Gasteiger charge is 2.31. The van der Waals surface area contributed by atoms with Crippen molar-refractivity contribution in [2.45, 2.75) is 18.9 Å². The SMILES string of the molecule is CC(CS(=O)(=O)N1CCOC(C(N)=S)C1)c1ccccc1. The van der Waals surface area contributed by atoms with Crippen LogP contribution in [-0.2, 0) is 14.8 Å². The van der Waals surface area contributed by atoms with E-state index in [1.807, 2.05) is 37.3 Å². The smallest absolute Gasteiger partial charge is 0.214 e. The third-order valence-electron chi connectivity index (χ3n) is 3.57. The summed E-state index contributed by atoms with van der Waals surface area (Å²) in [5, 5.41) is 0. The van der Waals surface area contributed by atoms with E-state index in [2.05, 4.69) is 0 Å². The van der Waals surface area contributed by atoms with Crippen LogP contribution in [0, 0.1) is 0 Å². The Morgan fingerprint density at radius 1 is 1.48 bits per heavy atom. The van der Waals surface area contributed by atoms with Crippen molar-refractivity contribution in [2.24, 2.45) is 5.73 Å². The van der Waals surface area contributed by atoms with Gasteiger partial charge in [-0.05, 0) is 11.5 Å². The number of hydrogen-bond acceptors (Lipinski definition) is 4. The van der Waals surface area contributed by atoms with Gasteiger partial charge in [0.05, 0.1) is 12.4 Å². The van der Waals surface area contributed by atoms with Gasteiger partial charge in [0.1, 0.15) is 11.1 Å². The molecule has 2 N–H and O–H groups in total. The first-order valence-corrected chi connectivity index (χ1v) is 8.85. The van der Waals surface area contributed by atoms with Crippen molar-refractivity contribution in [3.8, 4) is 0 Å². The quantitative estimate of drug-likeness (QED) is 0.820. The predicted molar refractivity (Wildman–Crippen MR) is 86.7 cm³/mol. The fraction of sp³-hybridized carbons (Fsp3) is 0.500. The Balaban J connectivity index is 2.06. The Morgan fingerprint density at radius 3 is 2.76 bits per heavy atom. The Hall–Kier alpha value is -1.02. The minimum absolute atomic E-state index is 0.0673. The predicted octanol–water partition coefficient (Wildman–Crippen LogP) is 1.11. The summed E-state index contributed by atoms with van der Waals surface area (Å²) < 4.78 is 31.9. The maximum absolute atomic E-state index is 12.5. The summed E-state index contributed by atoms with van der Waals surface area (Å²) >= 11 is 4.89. The van der Waals surface area contributed by atoms with Crippen LogP contribution in [0.15, 0.2) is 30.3 Å².